The van der Waals surface area contributed by atoms with Gasteiger partial charge in [-0.2, -0.15) is 0 Å². The van der Waals surface area contributed by atoms with Gasteiger partial charge in [0.1, 0.15) is 0 Å². The molecule has 0 aromatic carbocycles. The van der Waals surface area contributed by atoms with Gasteiger partial charge in [0, 0.05) is 13.1 Å². The SMILES string of the molecule is CC1CN(c2nnc(Cl)cc2C(N)=O)CC1C. The quantitative estimate of drug-likeness (QED) is 0.864. The second kappa shape index (κ2) is 4.49. The van der Waals surface area contributed by atoms with Crippen LogP contribution in [-0.2, 0) is 0 Å². The molecule has 6 heteroatoms. The normalized spacial score (nSPS) is 24.1. The summed E-state index contributed by atoms with van der Waals surface area (Å²) in [4.78, 5) is 13.4. The molecule has 5 nitrogen and oxygen atoms in total. The number of nitrogens with zero attached hydrogens (tertiary/aromatic N) is 3. The van der Waals surface area contributed by atoms with Crippen LogP contribution in [0.1, 0.15) is 24.2 Å². The van der Waals surface area contributed by atoms with Gasteiger partial charge in [-0.25, -0.2) is 0 Å². The van der Waals surface area contributed by atoms with E-state index in [2.05, 4.69) is 24.0 Å². The maximum absolute atomic E-state index is 11.4. The minimum Gasteiger partial charge on any atom is -0.365 e. The van der Waals surface area contributed by atoms with Crippen molar-refractivity contribution in [1.82, 2.24) is 10.2 Å². The Balaban J connectivity index is 2.36. The molecule has 92 valence electrons. The number of nitrogens with two attached hydrogens (primary N) is 1. The summed E-state index contributed by atoms with van der Waals surface area (Å²) < 4.78 is 0. The van der Waals surface area contributed by atoms with Gasteiger partial charge in [-0.3, -0.25) is 4.79 Å². The van der Waals surface area contributed by atoms with Crippen LogP contribution in [0.4, 0.5) is 5.82 Å². The van der Waals surface area contributed by atoms with Crippen LogP contribution in [0.3, 0.4) is 0 Å². The summed E-state index contributed by atoms with van der Waals surface area (Å²) in [7, 11) is 0. The van der Waals surface area contributed by atoms with Crippen LogP contribution >= 0.6 is 11.6 Å². The van der Waals surface area contributed by atoms with E-state index in [-0.39, 0.29) is 5.15 Å². The Labute approximate surface area is 105 Å². The standard InChI is InChI=1S/C11H15ClN4O/c1-6-4-16(5-7(6)2)11-8(10(13)17)3-9(12)14-15-11/h3,6-7H,4-5H2,1-2H3,(H2,13,17). The molecule has 17 heavy (non-hydrogen) atoms. The van der Waals surface area contributed by atoms with Crippen LogP contribution in [0, 0.1) is 11.8 Å². The minimum atomic E-state index is -0.524. The summed E-state index contributed by atoms with van der Waals surface area (Å²) in [6, 6.07) is 1.47. The van der Waals surface area contributed by atoms with Crippen LogP contribution in [-0.4, -0.2) is 29.2 Å². The fourth-order valence-electron chi connectivity index (χ4n) is 2.08. The third-order valence-electron chi connectivity index (χ3n) is 3.30. The predicted molar refractivity (Wildman–Crippen MR) is 66.1 cm³/mol. The highest BCUT2D eigenvalue weighted by atomic mass is 35.5. The van der Waals surface area contributed by atoms with E-state index >= 15 is 0 Å². The van der Waals surface area contributed by atoms with Crippen LogP contribution in [0.2, 0.25) is 5.15 Å². The molecule has 0 saturated carbocycles. The molecule has 1 aromatic heterocycles. The number of aromatic nitrogens is 2. The highest BCUT2D eigenvalue weighted by Crippen LogP contribution is 2.28. The van der Waals surface area contributed by atoms with Gasteiger partial charge in [-0.05, 0) is 17.9 Å². The Kier molecular flexibility index (Phi) is 3.19. The summed E-state index contributed by atoms with van der Waals surface area (Å²) in [5.74, 6) is 1.14. The summed E-state index contributed by atoms with van der Waals surface area (Å²) >= 11 is 5.73. The van der Waals surface area contributed by atoms with E-state index in [1.165, 1.54) is 6.07 Å². The molecule has 1 amide bonds. The number of hydrogen-bond acceptors (Lipinski definition) is 4. The van der Waals surface area contributed by atoms with E-state index in [4.69, 9.17) is 17.3 Å². The smallest absolute Gasteiger partial charge is 0.252 e. The first-order valence-electron chi connectivity index (χ1n) is 5.57. The van der Waals surface area contributed by atoms with Gasteiger partial charge in [-0.15, -0.1) is 10.2 Å². The molecule has 2 rings (SSSR count). The summed E-state index contributed by atoms with van der Waals surface area (Å²) in [6.07, 6.45) is 0. The van der Waals surface area contributed by atoms with Crippen LogP contribution in [0.5, 0.6) is 0 Å². The molecular weight excluding hydrogens is 240 g/mol. The monoisotopic (exact) mass is 254 g/mol. The molecular formula is C11H15ClN4O. The lowest BCUT2D eigenvalue weighted by Gasteiger charge is -2.18. The minimum absolute atomic E-state index is 0.183. The van der Waals surface area contributed by atoms with Gasteiger partial charge in [0.15, 0.2) is 11.0 Å². The number of amides is 1. The number of carbonyl (C=O) groups excluding carboxylic acids is 1. The molecule has 1 fully saturated rings. The predicted octanol–water partition coefficient (Wildman–Crippen LogP) is 1.32. The largest absolute Gasteiger partial charge is 0.365 e. The Morgan fingerprint density at radius 2 is 2.00 bits per heavy atom. The Morgan fingerprint density at radius 1 is 1.41 bits per heavy atom. The molecule has 0 radical (unpaired) electrons. The molecule has 2 heterocycles. The molecule has 1 aliphatic heterocycles. The first-order valence-corrected chi connectivity index (χ1v) is 5.94. The van der Waals surface area contributed by atoms with Crippen LogP contribution in [0.15, 0.2) is 6.07 Å². The highest BCUT2D eigenvalue weighted by molar-refractivity contribution is 6.29. The fraction of sp³-hybridized carbons (Fsp3) is 0.545. The fourth-order valence-corrected chi connectivity index (χ4v) is 2.23. The third-order valence-corrected chi connectivity index (χ3v) is 3.48. The number of carbonyl (C=O) groups is 1. The molecule has 2 unspecified atom stereocenters. The second-order valence-corrected chi connectivity index (χ2v) is 5.02. The van der Waals surface area contributed by atoms with Gasteiger partial charge in [0.2, 0.25) is 0 Å². The van der Waals surface area contributed by atoms with Gasteiger partial charge in [0.05, 0.1) is 5.56 Å². The van der Waals surface area contributed by atoms with Crippen molar-refractivity contribution in [2.24, 2.45) is 17.6 Å². The number of hydrogen-bond donors (Lipinski definition) is 1. The van der Waals surface area contributed by atoms with Gasteiger partial charge < -0.3 is 10.6 Å². The van der Waals surface area contributed by atoms with Crippen molar-refractivity contribution in [2.45, 2.75) is 13.8 Å². The lowest BCUT2D eigenvalue weighted by Crippen LogP contribution is -2.26. The molecule has 2 atom stereocenters. The lowest BCUT2D eigenvalue weighted by atomic mass is 10.0. The molecule has 0 bridgehead atoms. The second-order valence-electron chi connectivity index (χ2n) is 4.63. The first kappa shape index (κ1) is 12.1. The maximum atomic E-state index is 11.4. The first-order chi connectivity index (χ1) is 7.99. The maximum Gasteiger partial charge on any atom is 0.252 e. The van der Waals surface area contributed by atoms with Crippen LogP contribution in [0.25, 0.3) is 0 Å². The van der Waals surface area contributed by atoms with E-state index in [1.807, 2.05) is 4.90 Å². The van der Waals surface area contributed by atoms with Crippen molar-refractivity contribution in [3.63, 3.8) is 0 Å². The zero-order chi connectivity index (χ0) is 12.6. The number of rotatable bonds is 2. The summed E-state index contributed by atoms with van der Waals surface area (Å²) in [5, 5.41) is 7.96. The molecule has 1 aliphatic rings. The van der Waals surface area contributed by atoms with E-state index in [9.17, 15) is 4.79 Å². The van der Waals surface area contributed by atoms with Crippen LogP contribution < -0.4 is 10.6 Å². The van der Waals surface area contributed by atoms with Gasteiger partial charge >= 0.3 is 0 Å². The number of halogens is 1. The van der Waals surface area contributed by atoms with Crippen molar-refractivity contribution < 1.29 is 4.79 Å². The summed E-state index contributed by atoms with van der Waals surface area (Å²) in [6.45, 7) is 6.07. The third kappa shape index (κ3) is 2.34. The number of primary amides is 1. The van der Waals surface area contributed by atoms with Crippen molar-refractivity contribution in [3.05, 3.63) is 16.8 Å². The van der Waals surface area contributed by atoms with Crippen molar-refractivity contribution in [2.75, 3.05) is 18.0 Å². The van der Waals surface area contributed by atoms with Crippen molar-refractivity contribution in [3.8, 4) is 0 Å². The highest BCUT2D eigenvalue weighted by Gasteiger charge is 2.29. The number of anilines is 1. The van der Waals surface area contributed by atoms with E-state index in [0.717, 1.165) is 13.1 Å². The Morgan fingerprint density at radius 3 is 2.53 bits per heavy atom. The Bertz CT molecular complexity index is 441. The van der Waals surface area contributed by atoms with E-state index in [0.29, 0.717) is 23.2 Å². The topological polar surface area (TPSA) is 72.1 Å². The average Bonchev–Trinajstić information content (AvgIpc) is 2.59. The molecule has 0 aliphatic carbocycles. The van der Waals surface area contributed by atoms with Gasteiger partial charge in [-0.1, -0.05) is 25.4 Å². The average molecular weight is 255 g/mol. The van der Waals surface area contributed by atoms with Crippen molar-refractivity contribution in [1.29, 1.82) is 0 Å². The van der Waals surface area contributed by atoms with E-state index in [1.54, 1.807) is 0 Å². The van der Waals surface area contributed by atoms with Crippen molar-refractivity contribution >= 4 is 23.3 Å². The van der Waals surface area contributed by atoms with Gasteiger partial charge in [0.25, 0.3) is 5.91 Å². The summed E-state index contributed by atoms with van der Waals surface area (Å²) in [5.41, 5.74) is 5.67. The molecule has 0 spiro atoms. The molecule has 1 saturated heterocycles. The van der Waals surface area contributed by atoms with E-state index < -0.39 is 5.91 Å². The molecule has 1 aromatic rings. The molecule has 2 N–H and O–H groups in total. The Hall–Kier alpha value is -1.36. The zero-order valence-electron chi connectivity index (χ0n) is 9.85. The lowest BCUT2D eigenvalue weighted by molar-refractivity contribution is 0.100. The zero-order valence-corrected chi connectivity index (χ0v) is 10.6.